The molecule has 0 saturated heterocycles. The summed E-state index contributed by atoms with van der Waals surface area (Å²) in [5, 5.41) is 25.4. The minimum atomic E-state index is -1.48. The molecule has 13 heteroatoms. The van der Waals surface area contributed by atoms with Crippen LogP contribution in [0.25, 0.3) is 0 Å². The highest BCUT2D eigenvalue weighted by Crippen LogP contribution is 2.30. The molecule has 0 radical (unpaired) electrons. The van der Waals surface area contributed by atoms with Gasteiger partial charge in [0.25, 0.3) is 5.91 Å². The lowest BCUT2D eigenvalue weighted by Gasteiger charge is -2.15. The number of carbonyl (C=O) groups excluding carboxylic acids is 1. The van der Waals surface area contributed by atoms with Crippen LogP contribution in [-0.4, -0.2) is 48.5 Å². The summed E-state index contributed by atoms with van der Waals surface area (Å²) in [6.45, 7) is -0.896. The van der Waals surface area contributed by atoms with Crippen LogP contribution < -0.4 is 10.8 Å². The zero-order chi connectivity index (χ0) is 22.8. The number of nitrogens with zero attached hydrogens (tertiary/aromatic N) is 2. The number of benzene rings is 2. The first-order valence-electron chi connectivity index (χ1n) is 8.47. The van der Waals surface area contributed by atoms with Gasteiger partial charge in [-0.3, -0.25) is 9.63 Å². The lowest BCUT2D eigenvalue weighted by atomic mass is 10.1. The fourth-order valence-electron chi connectivity index (χ4n) is 2.19. The Kier molecular flexibility index (Phi) is 9.48. The molecule has 31 heavy (non-hydrogen) atoms. The van der Waals surface area contributed by atoms with Crippen LogP contribution in [0.3, 0.4) is 0 Å². The van der Waals surface area contributed by atoms with E-state index < -0.39 is 46.8 Å². The van der Waals surface area contributed by atoms with Gasteiger partial charge in [-0.25, -0.2) is 18.7 Å². The number of aliphatic hydroxyl groups excluding tert-OH is 1. The first-order chi connectivity index (χ1) is 14.9. The number of amides is 1. The molecular formula is C18H16F3IN4O5. The largest absolute Gasteiger partial charge is 0.411 e. The summed E-state index contributed by atoms with van der Waals surface area (Å²) in [5.74, 6) is -4.61. The van der Waals surface area contributed by atoms with Gasteiger partial charge >= 0.3 is 0 Å². The highest BCUT2D eigenvalue weighted by molar-refractivity contribution is 14.1. The molecule has 2 rings (SSSR count). The quantitative estimate of drug-likeness (QED) is 0.118. The third kappa shape index (κ3) is 6.80. The van der Waals surface area contributed by atoms with Crippen LogP contribution in [0.5, 0.6) is 0 Å². The Bertz CT molecular complexity index is 991. The predicted molar refractivity (Wildman–Crippen MR) is 113 cm³/mol. The van der Waals surface area contributed by atoms with Crippen molar-refractivity contribution in [2.45, 2.75) is 0 Å². The average molecular weight is 552 g/mol. The molecule has 0 aliphatic carbocycles. The molecule has 9 nitrogen and oxygen atoms in total. The van der Waals surface area contributed by atoms with Gasteiger partial charge in [-0.1, -0.05) is 10.3 Å². The normalized spacial score (nSPS) is 11.3. The van der Waals surface area contributed by atoms with Crippen molar-refractivity contribution in [2.75, 3.05) is 25.1 Å². The van der Waals surface area contributed by atoms with Crippen molar-refractivity contribution >= 4 is 52.3 Å². The van der Waals surface area contributed by atoms with E-state index in [-0.39, 0.29) is 18.9 Å². The summed E-state index contributed by atoms with van der Waals surface area (Å²) in [4.78, 5) is 21.8. The number of carbonyl (C=O) groups is 1. The number of hydrogen-bond acceptors (Lipinski definition) is 8. The second-order valence-electron chi connectivity index (χ2n) is 5.60. The summed E-state index contributed by atoms with van der Waals surface area (Å²) in [6.07, 6.45) is 1.75. The Morgan fingerprint density at radius 2 is 2.00 bits per heavy atom. The van der Waals surface area contributed by atoms with E-state index in [4.69, 9.17) is 15.2 Å². The first kappa shape index (κ1) is 24.4. The molecule has 0 aliphatic rings. The van der Waals surface area contributed by atoms with Crippen LogP contribution in [-0.2, 0) is 9.68 Å². The maximum atomic E-state index is 14.8. The van der Waals surface area contributed by atoms with Gasteiger partial charge in [-0.05, 0) is 46.9 Å². The fraction of sp³-hybridized carbons (Fsp3) is 0.167. The topological polar surface area (TPSA) is 125 Å². The lowest BCUT2D eigenvalue weighted by molar-refractivity contribution is 0.0168. The Labute approximate surface area is 187 Å². The summed E-state index contributed by atoms with van der Waals surface area (Å²) < 4.78 is 44.1. The maximum Gasteiger partial charge on any atom is 0.277 e. The number of oxime groups is 2. The van der Waals surface area contributed by atoms with Gasteiger partial charge in [-0.15, -0.1) is 0 Å². The molecule has 0 aliphatic heterocycles. The van der Waals surface area contributed by atoms with Crippen LogP contribution in [0.2, 0.25) is 0 Å². The van der Waals surface area contributed by atoms with Gasteiger partial charge in [0.2, 0.25) is 0 Å². The number of anilines is 2. The SMILES string of the molecule is O=C(NOCCO)c1cc(/C=N/OCC=NO)c(F)c(F)c1Nc1ccc(I)cc1F. The van der Waals surface area contributed by atoms with E-state index in [1.807, 2.05) is 28.1 Å². The molecule has 0 spiro atoms. The van der Waals surface area contributed by atoms with Gasteiger partial charge in [-0.2, -0.15) is 0 Å². The van der Waals surface area contributed by atoms with Gasteiger partial charge in [0.15, 0.2) is 18.2 Å². The van der Waals surface area contributed by atoms with Crippen molar-refractivity contribution in [3.05, 3.63) is 56.4 Å². The zero-order valence-corrected chi connectivity index (χ0v) is 17.8. The molecular weight excluding hydrogens is 536 g/mol. The van der Waals surface area contributed by atoms with Crippen molar-refractivity contribution in [1.29, 1.82) is 0 Å². The van der Waals surface area contributed by atoms with Crippen LogP contribution in [0.4, 0.5) is 24.5 Å². The van der Waals surface area contributed by atoms with Gasteiger partial charge in [0, 0.05) is 9.13 Å². The number of hydroxylamine groups is 1. The predicted octanol–water partition coefficient (Wildman–Crippen LogP) is 2.92. The van der Waals surface area contributed by atoms with Crippen molar-refractivity contribution < 1.29 is 38.0 Å². The lowest BCUT2D eigenvalue weighted by Crippen LogP contribution is -2.26. The van der Waals surface area contributed by atoms with Crippen molar-refractivity contribution in [1.82, 2.24) is 5.48 Å². The van der Waals surface area contributed by atoms with E-state index in [1.165, 1.54) is 12.1 Å². The smallest absolute Gasteiger partial charge is 0.277 e. The Morgan fingerprint density at radius 1 is 1.23 bits per heavy atom. The number of rotatable bonds is 10. The molecule has 1 amide bonds. The Hall–Kier alpha value is -2.91. The molecule has 0 aromatic heterocycles. The average Bonchev–Trinajstić information content (AvgIpc) is 2.74. The molecule has 166 valence electrons. The fourth-order valence-corrected chi connectivity index (χ4v) is 2.64. The number of hydrogen-bond donors (Lipinski definition) is 4. The zero-order valence-electron chi connectivity index (χ0n) is 15.6. The summed E-state index contributed by atoms with van der Waals surface area (Å²) in [6, 6.07) is 4.92. The number of nitrogens with one attached hydrogen (secondary N) is 2. The minimum Gasteiger partial charge on any atom is -0.411 e. The molecule has 0 bridgehead atoms. The van der Waals surface area contributed by atoms with Crippen molar-refractivity contribution in [3.63, 3.8) is 0 Å². The van der Waals surface area contributed by atoms with Crippen molar-refractivity contribution in [2.24, 2.45) is 10.3 Å². The monoisotopic (exact) mass is 552 g/mol. The second kappa shape index (κ2) is 12.1. The van der Waals surface area contributed by atoms with Crippen molar-refractivity contribution in [3.8, 4) is 0 Å². The molecule has 0 atom stereocenters. The molecule has 0 heterocycles. The molecule has 0 fully saturated rings. The third-order valence-corrected chi connectivity index (χ3v) is 4.20. The molecule has 4 N–H and O–H groups in total. The number of halogens is 4. The van der Waals surface area contributed by atoms with E-state index in [0.29, 0.717) is 3.57 Å². The maximum absolute atomic E-state index is 14.8. The van der Waals surface area contributed by atoms with Gasteiger partial charge in [0.05, 0.1) is 42.6 Å². The second-order valence-corrected chi connectivity index (χ2v) is 6.84. The summed E-state index contributed by atoms with van der Waals surface area (Å²) in [7, 11) is 0. The molecule has 0 unspecified atom stereocenters. The summed E-state index contributed by atoms with van der Waals surface area (Å²) >= 11 is 1.88. The first-order valence-corrected chi connectivity index (χ1v) is 9.55. The minimum absolute atomic E-state index is 0.197. The molecule has 0 saturated carbocycles. The highest BCUT2D eigenvalue weighted by atomic mass is 127. The van der Waals surface area contributed by atoms with E-state index in [1.54, 1.807) is 0 Å². The highest BCUT2D eigenvalue weighted by Gasteiger charge is 2.23. The molecule has 2 aromatic rings. The van der Waals surface area contributed by atoms with Crippen LogP contribution in [0, 0.1) is 21.0 Å². The Balaban J connectivity index is 2.45. The summed E-state index contributed by atoms with van der Waals surface area (Å²) in [5.41, 5.74) is 0.226. The van der Waals surface area contributed by atoms with E-state index in [2.05, 4.69) is 20.5 Å². The van der Waals surface area contributed by atoms with Gasteiger partial charge in [0.1, 0.15) is 5.82 Å². The van der Waals surface area contributed by atoms with Crippen LogP contribution in [0.15, 0.2) is 34.6 Å². The van der Waals surface area contributed by atoms with Gasteiger partial charge < -0.3 is 20.5 Å². The Morgan fingerprint density at radius 3 is 2.68 bits per heavy atom. The van der Waals surface area contributed by atoms with E-state index in [0.717, 1.165) is 24.6 Å². The van der Waals surface area contributed by atoms with Crippen LogP contribution in [0.1, 0.15) is 15.9 Å². The number of aliphatic hydroxyl groups is 1. The standard InChI is InChI=1S/C18H16F3IN4O5/c19-13-8-11(22)1-2-14(13)25-17-12(18(28)26-31-6-4-27)7-10(15(20)16(17)21)9-24-30-5-3-23-29/h1-3,7-9,25,27,29H,4-6H2,(H,26,28)/b23-3?,24-9+. The van der Waals surface area contributed by atoms with Crippen LogP contribution >= 0.6 is 22.6 Å². The van der Waals surface area contributed by atoms with E-state index in [9.17, 15) is 18.0 Å². The van der Waals surface area contributed by atoms with E-state index >= 15 is 0 Å². The molecule has 2 aromatic carbocycles. The third-order valence-electron chi connectivity index (χ3n) is 3.53.